The van der Waals surface area contributed by atoms with Gasteiger partial charge in [-0.05, 0) is 25.1 Å². The summed E-state index contributed by atoms with van der Waals surface area (Å²) in [6.45, 7) is 9.49. The second-order valence-corrected chi connectivity index (χ2v) is 4.86. The topological polar surface area (TPSA) is 76.4 Å². The fraction of sp³-hybridized carbons (Fsp3) is 0.188. The first-order valence-corrected chi connectivity index (χ1v) is 7.75. The Morgan fingerprint density at radius 2 is 1.95 bits per heavy atom. The highest BCUT2D eigenvalue weighted by Gasteiger charge is 2.05. The minimum Gasteiger partial charge on any atom is -0.397 e. The molecule has 0 aliphatic rings. The summed E-state index contributed by atoms with van der Waals surface area (Å²) in [5.74, 6) is 0.223. The Morgan fingerprint density at radius 1 is 1.32 bits per heavy atom. The summed E-state index contributed by atoms with van der Waals surface area (Å²) < 4.78 is 0. The van der Waals surface area contributed by atoms with Crippen molar-refractivity contribution in [2.24, 2.45) is 10.7 Å². The van der Waals surface area contributed by atoms with Crippen molar-refractivity contribution in [1.29, 1.82) is 0 Å². The molecular weight excluding hydrogens is 312 g/mol. The molecule has 0 fully saturated rings. The van der Waals surface area contributed by atoms with Crippen LogP contribution in [0.3, 0.4) is 0 Å². The van der Waals surface area contributed by atoms with Crippen LogP contribution in [0.1, 0.15) is 20.8 Å². The lowest BCUT2D eigenvalue weighted by Crippen LogP contribution is -2.30. The number of benzene rings is 1. The zero-order chi connectivity index (χ0) is 17.1. The molecule has 0 atom stereocenters. The van der Waals surface area contributed by atoms with Gasteiger partial charge < -0.3 is 16.8 Å². The molecule has 0 saturated carbocycles. The van der Waals surface area contributed by atoms with E-state index in [0.29, 0.717) is 16.3 Å². The van der Waals surface area contributed by atoms with Crippen LogP contribution >= 0.6 is 25.3 Å². The number of nitrogen functional groups attached to an aromatic ring is 1. The molecule has 0 aliphatic heterocycles. The Bertz CT molecular complexity index is 567. The van der Waals surface area contributed by atoms with Crippen LogP contribution in [-0.2, 0) is 0 Å². The van der Waals surface area contributed by atoms with E-state index in [-0.39, 0.29) is 5.96 Å². The number of hydrogen-bond acceptors (Lipinski definition) is 4. The van der Waals surface area contributed by atoms with Crippen LogP contribution in [0.25, 0.3) is 0 Å². The van der Waals surface area contributed by atoms with Gasteiger partial charge in [0.05, 0.1) is 5.69 Å². The molecule has 0 amide bonds. The van der Waals surface area contributed by atoms with E-state index < -0.39 is 0 Å². The molecule has 0 saturated heterocycles. The van der Waals surface area contributed by atoms with Crippen molar-refractivity contribution in [2.75, 3.05) is 5.73 Å². The lowest BCUT2D eigenvalue weighted by atomic mass is 10.3. The minimum atomic E-state index is 0.223. The molecule has 6 heteroatoms. The van der Waals surface area contributed by atoms with Crippen LogP contribution < -0.4 is 16.8 Å². The number of thiol groups is 2. The molecule has 120 valence electrons. The monoisotopic (exact) mass is 336 g/mol. The number of nitrogens with one attached hydrogen (secondary N) is 1. The normalized spacial score (nSPS) is 11.9. The van der Waals surface area contributed by atoms with Crippen molar-refractivity contribution < 1.29 is 0 Å². The number of anilines is 1. The van der Waals surface area contributed by atoms with Gasteiger partial charge in [-0.15, -0.1) is 25.3 Å². The Morgan fingerprint density at radius 3 is 2.45 bits per heavy atom. The molecule has 1 aromatic rings. The van der Waals surface area contributed by atoms with Gasteiger partial charge in [-0.3, -0.25) is 0 Å². The van der Waals surface area contributed by atoms with Gasteiger partial charge in [0.1, 0.15) is 5.69 Å². The molecule has 4 nitrogen and oxygen atoms in total. The number of aliphatic imine (C=N–C) groups is 1. The summed E-state index contributed by atoms with van der Waals surface area (Å²) in [4.78, 5) is 5.58. The largest absolute Gasteiger partial charge is 0.397 e. The van der Waals surface area contributed by atoms with E-state index in [1.165, 1.54) is 0 Å². The fourth-order valence-corrected chi connectivity index (χ4v) is 2.11. The number of guanidine groups is 1. The quantitative estimate of drug-likeness (QED) is 0.189. The third-order valence-electron chi connectivity index (χ3n) is 2.33. The van der Waals surface area contributed by atoms with Crippen molar-refractivity contribution in [1.82, 2.24) is 5.32 Å². The number of hydrogen-bond donors (Lipinski definition) is 5. The van der Waals surface area contributed by atoms with Crippen molar-refractivity contribution in [3.63, 3.8) is 0 Å². The van der Waals surface area contributed by atoms with Gasteiger partial charge in [0, 0.05) is 15.5 Å². The van der Waals surface area contributed by atoms with E-state index in [1.807, 2.05) is 32.9 Å². The Balaban J connectivity index is 0.00000211. The predicted molar refractivity (Wildman–Crippen MR) is 104 cm³/mol. The molecule has 0 spiro atoms. The summed E-state index contributed by atoms with van der Waals surface area (Å²) in [5, 5.41) is 2.96. The van der Waals surface area contributed by atoms with E-state index in [1.54, 1.807) is 24.3 Å². The van der Waals surface area contributed by atoms with E-state index in [9.17, 15) is 0 Å². The van der Waals surface area contributed by atoms with Gasteiger partial charge in [0.2, 0.25) is 0 Å². The summed E-state index contributed by atoms with van der Waals surface area (Å²) in [5.41, 5.74) is 13.5. The maximum absolute atomic E-state index is 5.88. The fourth-order valence-electron chi connectivity index (χ4n) is 1.43. The molecule has 1 rings (SSSR count). The smallest absolute Gasteiger partial charge is 0.198 e. The van der Waals surface area contributed by atoms with Gasteiger partial charge in [-0.1, -0.05) is 38.7 Å². The van der Waals surface area contributed by atoms with Crippen LogP contribution in [0.15, 0.2) is 63.5 Å². The summed E-state index contributed by atoms with van der Waals surface area (Å²) in [6.07, 6.45) is 7.17. The second kappa shape index (κ2) is 10.9. The molecular formula is C16H24N4S2. The number of nitrogens with two attached hydrogens (primary N) is 2. The van der Waals surface area contributed by atoms with Gasteiger partial charge in [0.15, 0.2) is 5.96 Å². The minimum absolute atomic E-state index is 0.223. The van der Waals surface area contributed by atoms with Crippen LogP contribution in [0.5, 0.6) is 0 Å². The Hall–Kier alpha value is -1.79. The molecule has 0 aromatic heterocycles. The molecule has 0 aliphatic carbocycles. The van der Waals surface area contributed by atoms with Gasteiger partial charge in [-0.25, -0.2) is 4.99 Å². The number of nitrogens with zero attached hydrogens (tertiary/aromatic N) is 1. The Kier molecular flexibility index (Phi) is 9.98. The highest BCUT2D eigenvalue weighted by atomic mass is 32.1. The zero-order valence-electron chi connectivity index (χ0n) is 13.2. The molecule has 0 heterocycles. The molecule has 0 bridgehead atoms. The van der Waals surface area contributed by atoms with Gasteiger partial charge >= 0.3 is 0 Å². The highest BCUT2D eigenvalue weighted by Crippen LogP contribution is 2.32. The molecule has 1 aromatic carbocycles. The molecule has 0 unspecified atom stereocenters. The molecule has 0 radical (unpaired) electrons. The number of allylic oxidation sites excluding steroid dienone is 4. The van der Waals surface area contributed by atoms with Crippen molar-refractivity contribution in [2.45, 2.75) is 30.6 Å². The zero-order valence-corrected chi connectivity index (χ0v) is 15.0. The third kappa shape index (κ3) is 6.78. The maximum atomic E-state index is 5.88. The first kappa shape index (κ1) is 20.2. The highest BCUT2D eigenvalue weighted by molar-refractivity contribution is 7.81. The first-order valence-electron chi connectivity index (χ1n) is 6.86. The van der Waals surface area contributed by atoms with Crippen molar-refractivity contribution in [3.05, 3.63) is 48.7 Å². The molecule has 5 N–H and O–H groups in total. The van der Waals surface area contributed by atoms with Crippen LogP contribution in [0.4, 0.5) is 11.4 Å². The van der Waals surface area contributed by atoms with Crippen LogP contribution in [-0.4, -0.2) is 5.96 Å². The summed E-state index contributed by atoms with van der Waals surface area (Å²) in [7, 11) is 0. The maximum Gasteiger partial charge on any atom is 0.198 e. The van der Waals surface area contributed by atoms with E-state index in [4.69, 9.17) is 11.5 Å². The van der Waals surface area contributed by atoms with E-state index in [2.05, 4.69) is 42.1 Å². The van der Waals surface area contributed by atoms with E-state index >= 15 is 0 Å². The van der Waals surface area contributed by atoms with Gasteiger partial charge in [0.25, 0.3) is 0 Å². The van der Waals surface area contributed by atoms with E-state index in [0.717, 1.165) is 10.6 Å². The van der Waals surface area contributed by atoms with Crippen LogP contribution in [0, 0.1) is 0 Å². The first-order chi connectivity index (χ1) is 10.5. The van der Waals surface area contributed by atoms with Crippen molar-refractivity contribution in [3.8, 4) is 0 Å². The SMILES string of the molecule is C=C/C=C\C(=C/C)NC(N)=Nc1c(N)cc(S)cc1S.CC. The average Bonchev–Trinajstić information content (AvgIpc) is 2.49. The summed E-state index contributed by atoms with van der Waals surface area (Å²) >= 11 is 8.54. The number of rotatable bonds is 4. The lowest BCUT2D eigenvalue weighted by Gasteiger charge is -2.09. The third-order valence-corrected chi connectivity index (χ3v) is 2.93. The predicted octanol–water partition coefficient (Wildman–Crippen LogP) is 4.05. The lowest BCUT2D eigenvalue weighted by molar-refractivity contribution is 1.13. The Labute approximate surface area is 143 Å². The van der Waals surface area contributed by atoms with Crippen molar-refractivity contribution >= 4 is 42.6 Å². The average molecular weight is 337 g/mol. The van der Waals surface area contributed by atoms with Crippen LogP contribution in [0.2, 0.25) is 0 Å². The van der Waals surface area contributed by atoms with Gasteiger partial charge in [-0.2, -0.15) is 0 Å². The summed E-state index contributed by atoms with van der Waals surface area (Å²) in [6, 6.07) is 3.45. The standard InChI is InChI=1S/C14H18N4S2.C2H6/c1-3-5-6-9(4-2)17-14(16)18-13-11(15)7-10(19)8-12(13)20;1-2/h3-8,19-20H,1,15H2,2H3,(H3,16,17,18);1-2H3/b6-5-,9-4+;. The molecule has 22 heavy (non-hydrogen) atoms. The second-order valence-electron chi connectivity index (χ2n) is 3.86.